The summed E-state index contributed by atoms with van der Waals surface area (Å²) in [4.78, 5) is 16.8. The molecule has 28 heavy (non-hydrogen) atoms. The molecule has 0 radical (unpaired) electrons. The van der Waals surface area contributed by atoms with Crippen molar-refractivity contribution in [3.05, 3.63) is 33.3 Å². The highest BCUT2D eigenvalue weighted by molar-refractivity contribution is 9.10. The minimum absolute atomic E-state index is 0.0352. The zero-order valence-corrected chi connectivity index (χ0v) is 18.8. The molecule has 1 aromatic carbocycles. The van der Waals surface area contributed by atoms with Gasteiger partial charge >= 0.3 is 6.09 Å². The first-order valence-electron chi connectivity index (χ1n) is 10.7. The van der Waals surface area contributed by atoms with E-state index in [0.29, 0.717) is 12.0 Å². The van der Waals surface area contributed by atoms with Crippen LogP contribution in [-0.2, 0) is 11.2 Å². The van der Waals surface area contributed by atoms with Crippen LogP contribution in [0.1, 0.15) is 50.5 Å². The zero-order chi connectivity index (χ0) is 19.5. The number of benzene rings is 1. The van der Waals surface area contributed by atoms with Gasteiger partial charge in [0.2, 0.25) is 0 Å². The Bertz CT molecular complexity index is 687. The SMILES string of the molecule is O=C1OC(CN2CCC(Cc3cc(Cl)ccc3Br)CC2)CN1C1CCCCC1. The lowest BCUT2D eigenvalue weighted by Crippen LogP contribution is -2.42. The van der Waals surface area contributed by atoms with E-state index in [1.807, 2.05) is 17.0 Å². The molecule has 1 amide bonds. The molecule has 1 unspecified atom stereocenters. The predicted molar refractivity (Wildman–Crippen MR) is 116 cm³/mol. The Kier molecular flexibility index (Phi) is 6.85. The fourth-order valence-corrected chi connectivity index (χ4v) is 5.60. The first-order chi connectivity index (χ1) is 13.6. The van der Waals surface area contributed by atoms with E-state index < -0.39 is 0 Å². The number of amides is 1. The van der Waals surface area contributed by atoms with E-state index in [2.05, 4.69) is 26.9 Å². The first kappa shape index (κ1) is 20.5. The Balaban J connectivity index is 1.23. The second kappa shape index (κ2) is 9.36. The van der Waals surface area contributed by atoms with Gasteiger partial charge in [0.25, 0.3) is 0 Å². The third-order valence-corrected chi connectivity index (χ3v) is 7.61. The highest BCUT2D eigenvalue weighted by Gasteiger charge is 2.37. The maximum Gasteiger partial charge on any atom is 0.410 e. The molecule has 2 saturated heterocycles. The van der Waals surface area contributed by atoms with Crippen molar-refractivity contribution >= 4 is 33.6 Å². The number of ether oxygens (including phenoxy) is 1. The van der Waals surface area contributed by atoms with Crippen LogP contribution in [0.3, 0.4) is 0 Å². The molecular weight excluding hydrogens is 440 g/mol. The zero-order valence-electron chi connectivity index (χ0n) is 16.4. The molecule has 0 N–H and O–H groups in total. The molecule has 1 aromatic rings. The Labute approximate surface area is 181 Å². The summed E-state index contributed by atoms with van der Waals surface area (Å²) in [6, 6.07) is 6.46. The van der Waals surface area contributed by atoms with Crippen LogP contribution in [0.5, 0.6) is 0 Å². The largest absolute Gasteiger partial charge is 0.443 e. The highest BCUT2D eigenvalue weighted by Crippen LogP contribution is 2.29. The molecule has 4 nitrogen and oxygen atoms in total. The van der Waals surface area contributed by atoms with Gasteiger partial charge in [0.15, 0.2) is 0 Å². The molecule has 2 aliphatic heterocycles. The summed E-state index contributed by atoms with van der Waals surface area (Å²) in [6.07, 6.45) is 9.48. The average molecular weight is 470 g/mol. The Morgan fingerprint density at radius 2 is 1.86 bits per heavy atom. The number of piperidine rings is 1. The predicted octanol–water partition coefficient (Wildman–Crippen LogP) is 5.51. The quantitative estimate of drug-likeness (QED) is 0.570. The van der Waals surface area contributed by atoms with Crippen LogP contribution in [0.15, 0.2) is 22.7 Å². The van der Waals surface area contributed by atoms with Crippen LogP contribution in [0.4, 0.5) is 4.79 Å². The number of rotatable bonds is 5. The average Bonchev–Trinajstić information content (AvgIpc) is 3.07. The highest BCUT2D eigenvalue weighted by atomic mass is 79.9. The van der Waals surface area contributed by atoms with E-state index in [-0.39, 0.29) is 12.2 Å². The lowest BCUT2D eigenvalue weighted by atomic mass is 9.90. The minimum Gasteiger partial charge on any atom is -0.443 e. The number of nitrogens with zero attached hydrogens (tertiary/aromatic N) is 2. The molecule has 0 bridgehead atoms. The third kappa shape index (κ3) is 5.03. The van der Waals surface area contributed by atoms with Gasteiger partial charge in [-0.05, 0) is 74.9 Å². The minimum atomic E-state index is -0.0856. The number of hydrogen-bond donors (Lipinski definition) is 0. The van der Waals surface area contributed by atoms with E-state index in [1.54, 1.807) is 0 Å². The maximum absolute atomic E-state index is 12.3. The number of carbonyl (C=O) groups excluding carboxylic acids is 1. The number of hydrogen-bond acceptors (Lipinski definition) is 3. The second-order valence-electron chi connectivity index (χ2n) is 8.63. The van der Waals surface area contributed by atoms with Crippen molar-refractivity contribution in [2.24, 2.45) is 5.92 Å². The van der Waals surface area contributed by atoms with Gasteiger partial charge < -0.3 is 9.64 Å². The molecule has 1 atom stereocenters. The third-order valence-electron chi connectivity index (χ3n) is 6.60. The first-order valence-corrected chi connectivity index (χ1v) is 11.9. The molecule has 1 saturated carbocycles. The maximum atomic E-state index is 12.3. The van der Waals surface area contributed by atoms with Gasteiger partial charge in [-0.1, -0.05) is 46.8 Å². The summed E-state index contributed by atoms with van der Waals surface area (Å²) in [7, 11) is 0. The van der Waals surface area contributed by atoms with E-state index in [0.717, 1.165) is 54.9 Å². The number of carbonyl (C=O) groups is 1. The van der Waals surface area contributed by atoms with Crippen LogP contribution in [-0.4, -0.2) is 54.2 Å². The van der Waals surface area contributed by atoms with Crippen molar-refractivity contribution in [3.63, 3.8) is 0 Å². The van der Waals surface area contributed by atoms with Crippen molar-refractivity contribution in [2.75, 3.05) is 26.2 Å². The summed E-state index contributed by atoms with van der Waals surface area (Å²) in [6.45, 7) is 3.82. The summed E-state index contributed by atoms with van der Waals surface area (Å²) in [5.41, 5.74) is 1.30. The fraction of sp³-hybridized carbons (Fsp3) is 0.682. The monoisotopic (exact) mass is 468 g/mol. The second-order valence-corrected chi connectivity index (χ2v) is 9.92. The van der Waals surface area contributed by atoms with Gasteiger partial charge in [-0.15, -0.1) is 0 Å². The van der Waals surface area contributed by atoms with Crippen molar-refractivity contribution in [1.29, 1.82) is 0 Å². The van der Waals surface area contributed by atoms with Gasteiger partial charge in [-0.2, -0.15) is 0 Å². The molecule has 1 aliphatic carbocycles. The normalized spacial score (nSPS) is 25.3. The molecule has 2 heterocycles. The summed E-state index contributed by atoms with van der Waals surface area (Å²) in [5, 5.41) is 0.807. The topological polar surface area (TPSA) is 32.8 Å². The standard InChI is InChI=1S/C22H30BrClN2O2/c23-21-7-6-18(24)13-17(21)12-16-8-10-25(11-9-16)14-20-15-26(22(27)28-20)19-4-2-1-3-5-19/h6-7,13,16,19-20H,1-5,8-12,14-15H2. The summed E-state index contributed by atoms with van der Waals surface area (Å²) < 4.78 is 6.86. The Morgan fingerprint density at radius 3 is 2.61 bits per heavy atom. The van der Waals surface area contributed by atoms with Crippen LogP contribution in [0.2, 0.25) is 5.02 Å². The van der Waals surface area contributed by atoms with Gasteiger partial charge in [0.1, 0.15) is 6.10 Å². The number of cyclic esters (lactones) is 1. The van der Waals surface area contributed by atoms with Crippen LogP contribution < -0.4 is 0 Å². The molecule has 3 fully saturated rings. The molecule has 6 heteroatoms. The fourth-order valence-electron chi connectivity index (χ4n) is 5.00. The van der Waals surface area contributed by atoms with Crippen molar-refractivity contribution in [1.82, 2.24) is 9.80 Å². The van der Waals surface area contributed by atoms with Gasteiger partial charge in [-0.3, -0.25) is 4.90 Å². The number of likely N-dealkylation sites (tertiary alicyclic amines) is 1. The number of halogens is 2. The van der Waals surface area contributed by atoms with Crippen molar-refractivity contribution < 1.29 is 9.53 Å². The van der Waals surface area contributed by atoms with Crippen LogP contribution in [0, 0.1) is 5.92 Å². The van der Waals surface area contributed by atoms with Gasteiger partial charge in [-0.25, -0.2) is 4.79 Å². The summed E-state index contributed by atoms with van der Waals surface area (Å²) >= 11 is 9.81. The molecule has 3 aliphatic rings. The van der Waals surface area contributed by atoms with Crippen molar-refractivity contribution in [2.45, 2.75) is 63.5 Å². The van der Waals surface area contributed by atoms with Crippen LogP contribution in [0.25, 0.3) is 0 Å². The molecule has 0 spiro atoms. The lowest BCUT2D eigenvalue weighted by Gasteiger charge is -2.33. The molecule has 0 aromatic heterocycles. The lowest BCUT2D eigenvalue weighted by molar-refractivity contribution is 0.0896. The summed E-state index contributed by atoms with van der Waals surface area (Å²) in [5.74, 6) is 0.691. The van der Waals surface area contributed by atoms with Gasteiger partial charge in [0.05, 0.1) is 6.54 Å². The van der Waals surface area contributed by atoms with Crippen LogP contribution >= 0.6 is 27.5 Å². The van der Waals surface area contributed by atoms with E-state index in [9.17, 15) is 4.79 Å². The van der Waals surface area contributed by atoms with Crippen molar-refractivity contribution in [3.8, 4) is 0 Å². The van der Waals surface area contributed by atoms with Gasteiger partial charge in [0, 0.05) is 22.1 Å². The van der Waals surface area contributed by atoms with E-state index in [1.165, 1.54) is 37.7 Å². The van der Waals surface area contributed by atoms with E-state index in [4.69, 9.17) is 16.3 Å². The van der Waals surface area contributed by atoms with E-state index >= 15 is 0 Å². The molecule has 4 rings (SSSR count). The molecule has 154 valence electrons. The Hall–Kier alpha value is -0.780. The smallest absolute Gasteiger partial charge is 0.410 e. The Morgan fingerprint density at radius 1 is 1.11 bits per heavy atom. The molecular formula is C22H30BrClN2O2.